The van der Waals surface area contributed by atoms with E-state index < -0.39 is 18.0 Å². The van der Waals surface area contributed by atoms with Crippen molar-refractivity contribution in [2.24, 2.45) is 0 Å². The normalized spacial score (nSPS) is 11.6. The number of rotatable bonds is 7. The van der Waals surface area contributed by atoms with E-state index in [2.05, 4.69) is 10.3 Å². The molecule has 1 heterocycles. The van der Waals surface area contributed by atoms with Crippen molar-refractivity contribution in [3.05, 3.63) is 53.4 Å². The van der Waals surface area contributed by atoms with Gasteiger partial charge < -0.3 is 10.1 Å². The van der Waals surface area contributed by atoms with Gasteiger partial charge in [-0.3, -0.25) is 9.59 Å². The Morgan fingerprint density at radius 2 is 2.00 bits per heavy atom. The molecular weight excluding hydrogens is 367 g/mol. The van der Waals surface area contributed by atoms with E-state index in [1.807, 2.05) is 0 Å². The predicted octanol–water partition coefficient (Wildman–Crippen LogP) is 3.93. The average molecular weight is 383 g/mol. The van der Waals surface area contributed by atoms with E-state index in [0.29, 0.717) is 16.6 Å². The molecule has 0 aliphatic heterocycles. The third-order valence-corrected chi connectivity index (χ3v) is 4.28. The van der Waals surface area contributed by atoms with Crippen LogP contribution in [-0.2, 0) is 14.3 Å². The van der Waals surface area contributed by atoms with E-state index in [-0.39, 0.29) is 12.2 Å². The molecule has 8 heteroatoms. The summed E-state index contributed by atoms with van der Waals surface area (Å²) in [5, 5.41) is 2.99. The number of nitrogens with zero attached hydrogens (tertiary/aromatic N) is 1. The molecule has 2 aromatic rings. The van der Waals surface area contributed by atoms with Gasteiger partial charge in [-0.1, -0.05) is 11.6 Å². The zero-order valence-electron chi connectivity index (χ0n) is 13.4. The lowest BCUT2D eigenvalue weighted by Gasteiger charge is -2.13. The third-order valence-electron chi connectivity index (χ3n) is 3.04. The molecule has 1 N–H and O–H groups in total. The molecule has 0 radical (unpaired) electrons. The summed E-state index contributed by atoms with van der Waals surface area (Å²) < 4.78 is 17.9. The van der Waals surface area contributed by atoms with Crippen molar-refractivity contribution < 1.29 is 18.7 Å². The predicted molar refractivity (Wildman–Crippen MR) is 95.2 cm³/mol. The highest BCUT2D eigenvalue weighted by Gasteiger charge is 2.18. The number of pyridine rings is 1. The first-order valence-electron chi connectivity index (χ1n) is 7.44. The summed E-state index contributed by atoms with van der Waals surface area (Å²) >= 11 is 7.12. The van der Waals surface area contributed by atoms with Crippen molar-refractivity contribution >= 4 is 41.1 Å². The number of aromatic nitrogens is 1. The lowest BCUT2D eigenvalue weighted by Crippen LogP contribution is -2.30. The van der Waals surface area contributed by atoms with Crippen LogP contribution >= 0.6 is 23.4 Å². The van der Waals surface area contributed by atoms with Crippen LogP contribution in [0.5, 0.6) is 0 Å². The van der Waals surface area contributed by atoms with E-state index in [9.17, 15) is 14.0 Å². The highest BCUT2D eigenvalue weighted by Crippen LogP contribution is 2.19. The first kappa shape index (κ1) is 19.2. The van der Waals surface area contributed by atoms with Gasteiger partial charge in [-0.05, 0) is 43.3 Å². The molecular formula is C17H16ClFN2O3S. The molecule has 25 heavy (non-hydrogen) atoms. The second kappa shape index (κ2) is 9.39. The monoisotopic (exact) mass is 382 g/mol. The van der Waals surface area contributed by atoms with Crippen molar-refractivity contribution in [1.29, 1.82) is 0 Å². The fraction of sp³-hybridized carbons (Fsp3) is 0.235. The third kappa shape index (κ3) is 6.72. The highest BCUT2D eigenvalue weighted by molar-refractivity contribution is 7.99. The molecule has 0 fully saturated rings. The van der Waals surface area contributed by atoms with Crippen LogP contribution in [0.3, 0.4) is 0 Å². The summed E-state index contributed by atoms with van der Waals surface area (Å²) in [5.74, 6) is -0.476. The van der Waals surface area contributed by atoms with Crippen LogP contribution in [0.4, 0.5) is 10.2 Å². The van der Waals surface area contributed by atoms with E-state index in [1.54, 1.807) is 24.3 Å². The van der Waals surface area contributed by atoms with Crippen LogP contribution in [0.2, 0.25) is 5.02 Å². The molecule has 1 aromatic heterocycles. The van der Waals surface area contributed by atoms with Crippen molar-refractivity contribution in [3.8, 4) is 0 Å². The second-order valence-electron chi connectivity index (χ2n) is 5.04. The van der Waals surface area contributed by atoms with Gasteiger partial charge in [0.25, 0.3) is 5.91 Å². The fourth-order valence-corrected chi connectivity index (χ4v) is 2.72. The molecule has 132 valence electrons. The van der Waals surface area contributed by atoms with Crippen LogP contribution in [0.1, 0.15) is 13.3 Å². The lowest BCUT2D eigenvalue weighted by atomic mass is 10.3. The van der Waals surface area contributed by atoms with Crippen LogP contribution in [-0.4, -0.2) is 28.7 Å². The number of nitrogens with one attached hydrogen (secondary N) is 1. The first-order valence-corrected chi connectivity index (χ1v) is 8.80. The number of anilines is 1. The van der Waals surface area contributed by atoms with Gasteiger partial charge in [0.2, 0.25) is 0 Å². The minimum absolute atomic E-state index is 0.138. The zero-order chi connectivity index (χ0) is 18.2. The van der Waals surface area contributed by atoms with Crippen LogP contribution in [0.15, 0.2) is 47.5 Å². The average Bonchev–Trinajstić information content (AvgIpc) is 2.58. The summed E-state index contributed by atoms with van der Waals surface area (Å²) in [6, 6.07) is 9.14. The molecule has 5 nitrogen and oxygen atoms in total. The van der Waals surface area contributed by atoms with Gasteiger partial charge in [0.05, 0.1) is 11.4 Å². The van der Waals surface area contributed by atoms with E-state index in [0.717, 1.165) is 4.90 Å². The summed E-state index contributed by atoms with van der Waals surface area (Å²) in [6.07, 6.45) is 0.597. The van der Waals surface area contributed by atoms with Gasteiger partial charge in [-0.2, -0.15) is 0 Å². The number of halogens is 2. The minimum atomic E-state index is -0.944. The van der Waals surface area contributed by atoms with Crippen LogP contribution in [0.25, 0.3) is 0 Å². The standard InChI is InChI=1S/C17H16ClFN2O3S/c1-11(17(23)21-15-7-2-12(18)10-20-15)24-16(22)8-9-25-14-5-3-13(19)4-6-14/h2-7,10-11H,8-9H2,1H3,(H,20,21,23)/t11-/m1/s1. The number of thioether (sulfide) groups is 1. The minimum Gasteiger partial charge on any atom is -0.453 e. The fourth-order valence-electron chi connectivity index (χ4n) is 1.77. The Labute approximate surface area is 153 Å². The summed E-state index contributed by atoms with van der Waals surface area (Å²) in [4.78, 5) is 28.5. The Morgan fingerprint density at radius 3 is 2.64 bits per heavy atom. The summed E-state index contributed by atoms with van der Waals surface area (Å²) in [6.45, 7) is 1.48. The van der Waals surface area contributed by atoms with E-state index in [4.69, 9.17) is 16.3 Å². The van der Waals surface area contributed by atoms with E-state index >= 15 is 0 Å². The molecule has 2 rings (SSSR count). The van der Waals surface area contributed by atoms with Crippen molar-refractivity contribution in [2.45, 2.75) is 24.3 Å². The first-order chi connectivity index (χ1) is 11.9. The second-order valence-corrected chi connectivity index (χ2v) is 6.64. The van der Waals surface area contributed by atoms with Crippen LogP contribution in [0, 0.1) is 5.82 Å². The molecule has 0 saturated heterocycles. The molecule has 0 aliphatic carbocycles. The highest BCUT2D eigenvalue weighted by atomic mass is 35.5. The van der Waals surface area contributed by atoms with Crippen molar-refractivity contribution in [3.63, 3.8) is 0 Å². The number of carbonyl (C=O) groups is 2. The topological polar surface area (TPSA) is 68.3 Å². The Hall–Kier alpha value is -2.12. The van der Waals surface area contributed by atoms with E-state index in [1.165, 1.54) is 37.0 Å². The number of carbonyl (C=O) groups excluding carboxylic acids is 2. The number of ether oxygens (including phenoxy) is 1. The molecule has 1 aromatic carbocycles. The summed E-state index contributed by atoms with van der Waals surface area (Å²) in [5.41, 5.74) is 0. The SMILES string of the molecule is C[C@@H](OC(=O)CCSc1ccc(F)cc1)C(=O)Nc1ccc(Cl)cn1. The van der Waals surface area contributed by atoms with Gasteiger partial charge in [-0.15, -0.1) is 11.8 Å². The molecule has 0 spiro atoms. The molecule has 1 atom stereocenters. The molecule has 0 aliphatic rings. The molecule has 0 bridgehead atoms. The Balaban J connectivity index is 1.72. The van der Waals surface area contributed by atoms with Gasteiger partial charge >= 0.3 is 5.97 Å². The molecule has 0 unspecified atom stereocenters. The quantitative estimate of drug-likeness (QED) is 0.580. The van der Waals surface area contributed by atoms with Gasteiger partial charge in [-0.25, -0.2) is 9.37 Å². The van der Waals surface area contributed by atoms with Crippen molar-refractivity contribution in [1.82, 2.24) is 4.98 Å². The van der Waals surface area contributed by atoms with Crippen molar-refractivity contribution in [2.75, 3.05) is 11.1 Å². The number of hydrogen-bond donors (Lipinski definition) is 1. The Bertz CT molecular complexity index is 726. The molecule has 1 amide bonds. The molecule has 0 saturated carbocycles. The maximum atomic E-state index is 12.8. The number of hydrogen-bond acceptors (Lipinski definition) is 5. The smallest absolute Gasteiger partial charge is 0.307 e. The lowest BCUT2D eigenvalue weighted by molar-refractivity contribution is -0.152. The zero-order valence-corrected chi connectivity index (χ0v) is 14.9. The number of esters is 1. The maximum absolute atomic E-state index is 12.8. The van der Waals surface area contributed by atoms with Crippen LogP contribution < -0.4 is 5.32 Å². The largest absolute Gasteiger partial charge is 0.453 e. The number of amides is 1. The van der Waals surface area contributed by atoms with Gasteiger partial charge in [0.1, 0.15) is 11.6 Å². The number of benzene rings is 1. The Morgan fingerprint density at radius 1 is 1.28 bits per heavy atom. The Kier molecular flexibility index (Phi) is 7.21. The van der Waals surface area contributed by atoms with Gasteiger partial charge in [0.15, 0.2) is 6.10 Å². The summed E-state index contributed by atoms with van der Waals surface area (Å²) in [7, 11) is 0. The maximum Gasteiger partial charge on any atom is 0.307 e. The van der Waals surface area contributed by atoms with Gasteiger partial charge in [0, 0.05) is 16.8 Å².